The number of unbranched alkanes of at least 4 members (excludes halogenated alkanes) is 2. The third kappa shape index (κ3) is 3.73. The number of rotatable bonds is 5. The molecule has 2 N–H and O–H groups in total. The van der Waals surface area contributed by atoms with Crippen molar-refractivity contribution in [2.45, 2.75) is 26.2 Å². The Hall–Kier alpha value is -1.32. The number of nitrogens with zero attached hydrogens (tertiary/aromatic N) is 2. The second-order valence-corrected chi connectivity index (χ2v) is 2.84. The van der Waals surface area contributed by atoms with Crippen molar-refractivity contribution in [3.8, 4) is 5.88 Å². The molecule has 0 atom stereocenters. The minimum Gasteiger partial charge on any atom is -0.478 e. The smallest absolute Gasteiger partial charge is 0.218 e. The van der Waals surface area contributed by atoms with E-state index in [0.29, 0.717) is 18.3 Å². The molecule has 0 unspecified atom stereocenters. The normalized spacial score (nSPS) is 9.92. The number of aromatic nitrogens is 2. The summed E-state index contributed by atoms with van der Waals surface area (Å²) in [6.45, 7) is 2.85. The van der Waals surface area contributed by atoms with Crippen LogP contribution in [0.1, 0.15) is 26.2 Å². The van der Waals surface area contributed by atoms with E-state index < -0.39 is 0 Å². The molecule has 1 aromatic rings. The molecule has 1 aromatic heterocycles. The minimum absolute atomic E-state index is 0.445. The van der Waals surface area contributed by atoms with Crippen LogP contribution in [0.25, 0.3) is 0 Å². The molecule has 4 nitrogen and oxygen atoms in total. The van der Waals surface area contributed by atoms with E-state index >= 15 is 0 Å². The summed E-state index contributed by atoms with van der Waals surface area (Å²) in [5.41, 5.74) is 5.46. The average molecular weight is 181 g/mol. The van der Waals surface area contributed by atoms with Gasteiger partial charge in [-0.2, -0.15) is 0 Å². The third-order valence-electron chi connectivity index (χ3n) is 1.66. The van der Waals surface area contributed by atoms with Crippen LogP contribution in [0, 0.1) is 0 Å². The highest BCUT2D eigenvalue weighted by atomic mass is 16.5. The van der Waals surface area contributed by atoms with Crippen molar-refractivity contribution in [3.63, 3.8) is 0 Å². The molecular formula is C9H15N3O. The van der Waals surface area contributed by atoms with Crippen molar-refractivity contribution in [1.82, 2.24) is 9.97 Å². The van der Waals surface area contributed by atoms with E-state index in [1.165, 1.54) is 19.2 Å². The molecule has 0 aliphatic carbocycles. The van der Waals surface area contributed by atoms with Gasteiger partial charge in [-0.25, -0.2) is 9.97 Å². The Balaban J connectivity index is 2.28. The maximum atomic E-state index is 5.46. The minimum atomic E-state index is 0.445. The van der Waals surface area contributed by atoms with E-state index in [-0.39, 0.29) is 0 Å². The molecule has 0 aliphatic heterocycles. The Labute approximate surface area is 78.1 Å². The standard InChI is InChI=1S/C9H15N3O/c1-2-3-4-5-13-9-6-8(10)11-7-12-9/h6-7H,2-5H2,1H3,(H2,10,11,12). The fraction of sp³-hybridized carbons (Fsp3) is 0.556. The third-order valence-corrected chi connectivity index (χ3v) is 1.66. The molecule has 0 bridgehead atoms. The van der Waals surface area contributed by atoms with Crippen molar-refractivity contribution < 1.29 is 4.74 Å². The first kappa shape index (κ1) is 9.77. The maximum Gasteiger partial charge on any atom is 0.218 e. The molecule has 1 heterocycles. The average Bonchev–Trinajstić information content (AvgIpc) is 2.13. The number of hydrogen-bond donors (Lipinski definition) is 1. The molecule has 13 heavy (non-hydrogen) atoms. The van der Waals surface area contributed by atoms with E-state index in [9.17, 15) is 0 Å². The lowest BCUT2D eigenvalue weighted by Gasteiger charge is -2.03. The van der Waals surface area contributed by atoms with E-state index in [4.69, 9.17) is 10.5 Å². The predicted molar refractivity (Wildman–Crippen MR) is 51.5 cm³/mol. The lowest BCUT2D eigenvalue weighted by Crippen LogP contribution is -2.00. The lowest BCUT2D eigenvalue weighted by molar-refractivity contribution is 0.294. The Morgan fingerprint density at radius 1 is 1.38 bits per heavy atom. The summed E-state index contributed by atoms with van der Waals surface area (Å²) >= 11 is 0. The van der Waals surface area contributed by atoms with Gasteiger partial charge in [0.25, 0.3) is 0 Å². The van der Waals surface area contributed by atoms with Gasteiger partial charge in [-0.3, -0.25) is 0 Å². The van der Waals surface area contributed by atoms with Gasteiger partial charge in [0.1, 0.15) is 12.1 Å². The van der Waals surface area contributed by atoms with Gasteiger partial charge < -0.3 is 10.5 Å². The predicted octanol–water partition coefficient (Wildman–Crippen LogP) is 1.63. The summed E-state index contributed by atoms with van der Waals surface area (Å²) < 4.78 is 5.36. The molecule has 0 saturated carbocycles. The Kier molecular flexibility index (Phi) is 4.02. The second kappa shape index (κ2) is 5.35. The second-order valence-electron chi connectivity index (χ2n) is 2.84. The van der Waals surface area contributed by atoms with E-state index in [2.05, 4.69) is 16.9 Å². The molecule has 1 rings (SSSR count). The van der Waals surface area contributed by atoms with Crippen molar-refractivity contribution in [3.05, 3.63) is 12.4 Å². The number of nitrogen functional groups attached to an aromatic ring is 1. The zero-order valence-electron chi connectivity index (χ0n) is 7.86. The zero-order chi connectivity index (χ0) is 9.52. The van der Waals surface area contributed by atoms with Gasteiger partial charge in [-0.1, -0.05) is 19.8 Å². The molecule has 0 spiro atoms. The Bertz CT molecular complexity index is 252. The molecule has 4 heteroatoms. The molecule has 0 radical (unpaired) electrons. The first-order chi connectivity index (χ1) is 6.33. The summed E-state index contributed by atoms with van der Waals surface area (Å²) in [7, 11) is 0. The summed E-state index contributed by atoms with van der Waals surface area (Å²) in [5, 5.41) is 0. The van der Waals surface area contributed by atoms with Crippen LogP contribution in [-0.2, 0) is 0 Å². The highest BCUT2D eigenvalue weighted by molar-refractivity contribution is 5.30. The first-order valence-corrected chi connectivity index (χ1v) is 4.53. The van der Waals surface area contributed by atoms with Crippen LogP contribution in [0.5, 0.6) is 5.88 Å². The summed E-state index contributed by atoms with van der Waals surface area (Å²) in [6, 6.07) is 1.63. The molecule has 0 aromatic carbocycles. The van der Waals surface area contributed by atoms with Crippen LogP contribution < -0.4 is 10.5 Å². The molecule has 72 valence electrons. The SMILES string of the molecule is CCCCCOc1cc(N)ncn1. The fourth-order valence-electron chi connectivity index (χ4n) is 0.961. The van der Waals surface area contributed by atoms with Crippen molar-refractivity contribution in [1.29, 1.82) is 0 Å². The van der Waals surface area contributed by atoms with E-state index in [1.54, 1.807) is 6.07 Å². The van der Waals surface area contributed by atoms with Gasteiger partial charge in [-0.05, 0) is 6.42 Å². The highest BCUT2D eigenvalue weighted by Gasteiger charge is 1.95. The van der Waals surface area contributed by atoms with Gasteiger partial charge >= 0.3 is 0 Å². The highest BCUT2D eigenvalue weighted by Crippen LogP contribution is 2.08. The van der Waals surface area contributed by atoms with E-state index in [1.807, 2.05) is 0 Å². The summed E-state index contributed by atoms with van der Waals surface area (Å²) in [6.07, 6.45) is 4.83. The molecular weight excluding hydrogens is 166 g/mol. The number of hydrogen-bond acceptors (Lipinski definition) is 4. The van der Waals surface area contributed by atoms with Gasteiger partial charge in [0.15, 0.2) is 0 Å². The van der Waals surface area contributed by atoms with Crippen molar-refractivity contribution >= 4 is 5.82 Å². The van der Waals surface area contributed by atoms with Gasteiger partial charge in [0, 0.05) is 6.07 Å². The number of anilines is 1. The zero-order valence-corrected chi connectivity index (χ0v) is 7.86. The van der Waals surface area contributed by atoms with Crippen LogP contribution in [0.3, 0.4) is 0 Å². The molecule has 0 amide bonds. The van der Waals surface area contributed by atoms with Gasteiger partial charge in [0.2, 0.25) is 5.88 Å². The largest absolute Gasteiger partial charge is 0.478 e. The summed E-state index contributed by atoms with van der Waals surface area (Å²) in [4.78, 5) is 7.69. The van der Waals surface area contributed by atoms with Crippen LogP contribution in [0.15, 0.2) is 12.4 Å². The van der Waals surface area contributed by atoms with Crippen molar-refractivity contribution in [2.24, 2.45) is 0 Å². The lowest BCUT2D eigenvalue weighted by atomic mass is 10.3. The molecule has 0 aliphatic rings. The summed E-state index contributed by atoms with van der Waals surface area (Å²) in [5.74, 6) is 1.00. The van der Waals surface area contributed by atoms with Gasteiger partial charge in [0.05, 0.1) is 6.61 Å². The maximum absolute atomic E-state index is 5.46. The number of ether oxygens (including phenoxy) is 1. The van der Waals surface area contributed by atoms with Crippen LogP contribution in [-0.4, -0.2) is 16.6 Å². The Morgan fingerprint density at radius 2 is 2.23 bits per heavy atom. The van der Waals surface area contributed by atoms with Crippen LogP contribution >= 0.6 is 0 Å². The fourth-order valence-corrected chi connectivity index (χ4v) is 0.961. The van der Waals surface area contributed by atoms with E-state index in [0.717, 1.165) is 6.42 Å². The van der Waals surface area contributed by atoms with Crippen LogP contribution in [0.4, 0.5) is 5.82 Å². The first-order valence-electron chi connectivity index (χ1n) is 4.53. The Morgan fingerprint density at radius 3 is 2.92 bits per heavy atom. The van der Waals surface area contributed by atoms with Crippen molar-refractivity contribution in [2.75, 3.05) is 12.3 Å². The topological polar surface area (TPSA) is 61.0 Å². The van der Waals surface area contributed by atoms with Crippen LogP contribution in [0.2, 0.25) is 0 Å². The molecule has 0 saturated heterocycles. The monoisotopic (exact) mass is 181 g/mol. The van der Waals surface area contributed by atoms with Gasteiger partial charge in [-0.15, -0.1) is 0 Å². The quantitative estimate of drug-likeness (QED) is 0.701. The number of nitrogens with two attached hydrogens (primary N) is 1. The molecule has 0 fully saturated rings.